The van der Waals surface area contributed by atoms with Gasteiger partial charge in [0.1, 0.15) is 0 Å². The molecule has 0 atom stereocenters. The minimum Gasteiger partial charge on any atom is -0.0628 e. The van der Waals surface area contributed by atoms with Crippen molar-refractivity contribution >= 4 is 0 Å². The SMILES string of the molecule is CC(C)CCCC1CCCCCC1. The van der Waals surface area contributed by atoms with Gasteiger partial charge in [-0.1, -0.05) is 71.6 Å². The van der Waals surface area contributed by atoms with Crippen molar-refractivity contribution in [3.05, 3.63) is 0 Å². The van der Waals surface area contributed by atoms with Crippen LogP contribution in [0.2, 0.25) is 0 Å². The van der Waals surface area contributed by atoms with Crippen LogP contribution in [0, 0.1) is 11.8 Å². The minimum atomic E-state index is 0.908. The van der Waals surface area contributed by atoms with Crippen LogP contribution in [0.25, 0.3) is 0 Å². The van der Waals surface area contributed by atoms with E-state index < -0.39 is 0 Å². The van der Waals surface area contributed by atoms with E-state index in [1.807, 2.05) is 0 Å². The molecule has 0 spiro atoms. The van der Waals surface area contributed by atoms with Gasteiger partial charge in [-0.3, -0.25) is 0 Å². The predicted molar refractivity (Wildman–Crippen MR) is 59.9 cm³/mol. The molecule has 1 aliphatic rings. The number of rotatable bonds is 4. The quantitative estimate of drug-likeness (QED) is 0.549. The molecule has 0 saturated heterocycles. The second-order valence-corrected chi connectivity index (χ2v) is 5.18. The summed E-state index contributed by atoms with van der Waals surface area (Å²) in [4.78, 5) is 0. The molecule has 0 heterocycles. The molecular weight excluding hydrogens is 156 g/mol. The molecule has 78 valence electrons. The summed E-state index contributed by atoms with van der Waals surface area (Å²) in [6.45, 7) is 4.68. The lowest BCUT2D eigenvalue weighted by atomic mass is 9.92. The molecule has 0 heteroatoms. The molecule has 0 unspecified atom stereocenters. The highest BCUT2D eigenvalue weighted by Crippen LogP contribution is 2.27. The Morgan fingerprint density at radius 1 is 1.00 bits per heavy atom. The van der Waals surface area contributed by atoms with Crippen molar-refractivity contribution in [3.63, 3.8) is 0 Å². The summed E-state index contributed by atoms with van der Waals surface area (Å²) in [5.41, 5.74) is 0. The summed E-state index contributed by atoms with van der Waals surface area (Å²) in [7, 11) is 0. The van der Waals surface area contributed by atoms with Gasteiger partial charge in [0, 0.05) is 0 Å². The Bertz CT molecular complexity index is 107. The van der Waals surface area contributed by atoms with E-state index in [4.69, 9.17) is 0 Å². The van der Waals surface area contributed by atoms with Crippen molar-refractivity contribution in [3.8, 4) is 0 Å². The fourth-order valence-corrected chi connectivity index (χ4v) is 2.47. The topological polar surface area (TPSA) is 0 Å². The lowest BCUT2D eigenvalue weighted by molar-refractivity contribution is 0.393. The summed E-state index contributed by atoms with van der Waals surface area (Å²) in [6.07, 6.45) is 13.5. The van der Waals surface area contributed by atoms with E-state index in [1.54, 1.807) is 0 Å². The van der Waals surface area contributed by atoms with Gasteiger partial charge in [0.25, 0.3) is 0 Å². The maximum absolute atomic E-state index is 2.34. The maximum atomic E-state index is 2.34. The van der Waals surface area contributed by atoms with Crippen LogP contribution in [0.5, 0.6) is 0 Å². The molecule has 0 aromatic rings. The van der Waals surface area contributed by atoms with Crippen LogP contribution < -0.4 is 0 Å². The molecule has 0 amide bonds. The van der Waals surface area contributed by atoms with E-state index >= 15 is 0 Å². The molecule has 1 fully saturated rings. The largest absolute Gasteiger partial charge is 0.0628 e. The van der Waals surface area contributed by atoms with Crippen LogP contribution >= 0.6 is 0 Å². The average molecular weight is 182 g/mol. The summed E-state index contributed by atoms with van der Waals surface area (Å²) in [5, 5.41) is 0. The van der Waals surface area contributed by atoms with Gasteiger partial charge in [-0.25, -0.2) is 0 Å². The molecule has 13 heavy (non-hydrogen) atoms. The summed E-state index contributed by atoms with van der Waals surface area (Å²) in [6, 6.07) is 0. The first-order chi connectivity index (χ1) is 6.29. The number of hydrogen-bond donors (Lipinski definition) is 0. The van der Waals surface area contributed by atoms with Crippen molar-refractivity contribution in [2.75, 3.05) is 0 Å². The molecule has 0 aromatic carbocycles. The lowest BCUT2D eigenvalue weighted by Gasteiger charge is -2.14. The van der Waals surface area contributed by atoms with Crippen LogP contribution in [0.15, 0.2) is 0 Å². The average Bonchev–Trinajstić information content (AvgIpc) is 2.32. The molecule has 0 aromatic heterocycles. The third-order valence-electron chi connectivity index (χ3n) is 3.37. The predicted octanol–water partition coefficient (Wildman–Crippen LogP) is 4.78. The van der Waals surface area contributed by atoms with Crippen LogP contribution in [0.1, 0.15) is 71.6 Å². The summed E-state index contributed by atoms with van der Waals surface area (Å²) in [5.74, 6) is 1.99. The maximum Gasteiger partial charge on any atom is -0.0414 e. The Balaban J connectivity index is 2.05. The normalized spacial score (nSPS) is 20.5. The first kappa shape index (κ1) is 11.1. The Labute approximate surface area is 84.1 Å². The van der Waals surface area contributed by atoms with Crippen molar-refractivity contribution in [1.82, 2.24) is 0 Å². The van der Waals surface area contributed by atoms with Gasteiger partial charge in [-0.15, -0.1) is 0 Å². The first-order valence-corrected chi connectivity index (χ1v) is 6.29. The lowest BCUT2D eigenvalue weighted by Crippen LogP contribution is -1.99. The van der Waals surface area contributed by atoms with E-state index in [2.05, 4.69) is 13.8 Å². The van der Waals surface area contributed by atoms with E-state index in [-0.39, 0.29) is 0 Å². The van der Waals surface area contributed by atoms with E-state index in [1.165, 1.54) is 57.8 Å². The summed E-state index contributed by atoms with van der Waals surface area (Å²) < 4.78 is 0. The molecule has 1 aliphatic carbocycles. The van der Waals surface area contributed by atoms with Gasteiger partial charge in [0.2, 0.25) is 0 Å². The highest BCUT2D eigenvalue weighted by molar-refractivity contribution is 4.64. The fraction of sp³-hybridized carbons (Fsp3) is 1.00. The second-order valence-electron chi connectivity index (χ2n) is 5.18. The van der Waals surface area contributed by atoms with Crippen molar-refractivity contribution in [2.24, 2.45) is 11.8 Å². The van der Waals surface area contributed by atoms with Gasteiger partial charge in [-0.05, 0) is 11.8 Å². The zero-order chi connectivity index (χ0) is 9.52. The Morgan fingerprint density at radius 3 is 2.15 bits per heavy atom. The van der Waals surface area contributed by atoms with Gasteiger partial charge < -0.3 is 0 Å². The van der Waals surface area contributed by atoms with Gasteiger partial charge in [-0.2, -0.15) is 0 Å². The van der Waals surface area contributed by atoms with Crippen molar-refractivity contribution in [1.29, 1.82) is 0 Å². The van der Waals surface area contributed by atoms with Crippen molar-refractivity contribution in [2.45, 2.75) is 71.6 Å². The molecule has 1 saturated carbocycles. The van der Waals surface area contributed by atoms with E-state index in [0.29, 0.717) is 0 Å². The van der Waals surface area contributed by atoms with Crippen LogP contribution in [0.3, 0.4) is 0 Å². The minimum absolute atomic E-state index is 0.908. The number of hydrogen-bond acceptors (Lipinski definition) is 0. The molecule has 1 rings (SSSR count). The van der Waals surface area contributed by atoms with E-state index in [9.17, 15) is 0 Å². The highest BCUT2D eigenvalue weighted by atomic mass is 14.2. The highest BCUT2D eigenvalue weighted by Gasteiger charge is 2.11. The second kappa shape index (κ2) is 6.45. The molecule has 0 bridgehead atoms. The Hall–Kier alpha value is 0. The monoisotopic (exact) mass is 182 g/mol. The van der Waals surface area contributed by atoms with Gasteiger partial charge in [0.05, 0.1) is 0 Å². The van der Waals surface area contributed by atoms with Crippen LogP contribution in [0.4, 0.5) is 0 Å². The first-order valence-electron chi connectivity index (χ1n) is 6.29. The van der Waals surface area contributed by atoms with Crippen LogP contribution in [-0.4, -0.2) is 0 Å². The molecule has 0 nitrogen and oxygen atoms in total. The smallest absolute Gasteiger partial charge is 0.0414 e. The molecule has 0 N–H and O–H groups in total. The Morgan fingerprint density at radius 2 is 1.62 bits per heavy atom. The van der Waals surface area contributed by atoms with Gasteiger partial charge >= 0.3 is 0 Å². The third-order valence-corrected chi connectivity index (χ3v) is 3.37. The zero-order valence-electron chi connectivity index (χ0n) is 9.52. The molecule has 0 radical (unpaired) electrons. The zero-order valence-corrected chi connectivity index (χ0v) is 9.52. The van der Waals surface area contributed by atoms with Gasteiger partial charge in [0.15, 0.2) is 0 Å². The Kier molecular flexibility index (Phi) is 5.50. The van der Waals surface area contributed by atoms with Crippen molar-refractivity contribution < 1.29 is 0 Å². The molecule has 0 aliphatic heterocycles. The summed E-state index contributed by atoms with van der Waals surface area (Å²) >= 11 is 0. The third kappa shape index (κ3) is 5.33. The van der Waals surface area contributed by atoms with E-state index in [0.717, 1.165) is 11.8 Å². The fourth-order valence-electron chi connectivity index (χ4n) is 2.47. The standard InChI is InChI=1S/C13H26/c1-12(2)8-7-11-13-9-5-3-4-6-10-13/h12-13H,3-11H2,1-2H3. The molecular formula is C13H26. The van der Waals surface area contributed by atoms with Crippen LogP contribution in [-0.2, 0) is 0 Å².